The Morgan fingerprint density at radius 2 is 1.63 bits per heavy atom. The minimum atomic E-state index is -0.599. The number of ketones is 1. The highest BCUT2D eigenvalue weighted by atomic mass is 32.2. The lowest BCUT2D eigenvalue weighted by Gasteiger charge is -2.09. The molecule has 3 rings (SSSR count). The number of aryl methyl sites for hydroxylation is 1. The topological polar surface area (TPSA) is 86.5 Å². The number of nitrogens with zero attached hydrogens (tertiary/aromatic N) is 1. The summed E-state index contributed by atoms with van der Waals surface area (Å²) < 4.78 is 5.24. The molecule has 0 atom stereocenters. The van der Waals surface area contributed by atoms with Crippen molar-refractivity contribution in [2.24, 2.45) is 0 Å². The van der Waals surface area contributed by atoms with Gasteiger partial charge in [0.05, 0.1) is 10.5 Å². The first-order valence-electron chi connectivity index (χ1n) is 9.28. The third-order valence-electron chi connectivity index (χ3n) is 4.40. The lowest BCUT2D eigenvalue weighted by molar-refractivity contribution is -0.384. The molecule has 3 aromatic rings. The number of benzene rings is 3. The van der Waals surface area contributed by atoms with Crippen LogP contribution in [0.3, 0.4) is 0 Å². The average Bonchev–Trinajstić information content (AvgIpc) is 2.78. The Labute approximate surface area is 178 Å². The van der Waals surface area contributed by atoms with Crippen LogP contribution in [0.15, 0.2) is 82.6 Å². The molecule has 0 fully saturated rings. The highest BCUT2D eigenvalue weighted by molar-refractivity contribution is 7.99. The Morgan fingerprint density at radius 1 is 0.967 bits per heavy atom. The van der Waals surface area contributed by atoms with Crippen molar-refractivity contribution >= 4 is 29.2 Å². The molecule has 0 aliphatic rings. The standard InChI is InChI=1S/C23H19NO5S/c1-2-16-7-9-17(10-8-16)21(25)15-29-23(26)20-5-3-4-6-22(20)30-19-13-11-18(12-14-19)24(27)28/h3-14H,2,15H2,1H3. The molecule has 0 aliphatic carbocycles. The fourth-order valence-electron chi connectivity index (χ4n) is 2.71. The highest BCUT2D eigenvalue weighted by Crippen LogP contribution is 2.31. The molecule has 152 valence electrons. The smallest absolute Gasteiger partial charge is 0.339 e. The number of hydrogen-bond donors (Lipinski definition) is 0. The molecular weight excluding hydrogens is 402 g/mol. The second-order valence-electron chi connectivity index (χ2n) is 6.40. The van der Waals surface area contributed by atoms with Crippen LogP contribution in [-0.4, -0.2) is 23.3 Å². The number of non-ortho nitro benzene ring substituents is 1. The van der Waals surface area contributed by atoms with Gasteiger partial charge < -0.3 is 4.74 Å². The number of nitro groups is 1. The van der Waals surface area contributed by atoms with Gasteiger partial charge in [0.25, 0.3) is 5.69 Å². The Balaban J connectivity index is 1.67. The van der Waals surface area contributed by atoms with E-state index in [0.717, 1.165) is 16.9 Å². The van der Waals surface area contributed by atoms with Crippen molar-refractivity contribution in [1.29, 1.82) is 0 Å². The summed E-state index contributed by atoms with van der Waals surface area (Å²) in [6.45, 7) is 1.69. The summed E-state index contributed by atoms with van der Waals surface area (Å²) in [4.78, 5) is 36.6. The SMILES string of the molecule is CCc1ccc(C(=O)COC(=O)c2ccccc2Sc2ccc([N+](=O)[O-])cc2)cc1. The van der Waals surface area contributed by atoms with E-state index in [2.05, 4.69) is 0 Å². The van der Waals surface area contributed by atoms with Crippen molar-refractivity contribution in [1.82, 2.24) is 0 Å². The quantitative estimate of drug-likeness (QED) is 0.211. The predicted molar refractivity (Wildman–Crippen MR) is 114 cm³/mol. The summed E-state index contributed by atoms with van der Waals surface area (Å²) >= 11 is 1.29. The van der Waals surface area contributed by atoms with E-state index in [9.17, 15) is 19.7 Å². The molecular formula is C23H19NO5S. The first-order valence-corrected chi connectivity index (χ1v) is 10.1. The van der Waals surface area contributed by atoms with Crippen LogP contribution < -0.4 is 0 Å². The van der Waals surface area contributed by atoms with Gasteiger partial charge in [0, 0.05) is 27.5 Å². The number of Topliss-reactive ketones (excluding diaryl/α,β-unsaturated/α-hetero) is 1. The number of ether oxygens (including phenoxy) is 1. The van der Waals surface area contributed by atoms with Crippen LogP contribution >= 0.6 is 11.8 Å². The van der Waals surface area contributed by atoms with Crippen LogP contribution in [0, 0.1) is 10.1 Å². The zero-order valence-electron chi connectivity index (χ0n) is 16.2. The van der Waals surface area contributed by atoms with Crippen LogP contribution in [0.25, 0.3) is 0 Å². The van der Waals surface area contributed by atoms with Gasteiger partial charge in [-0.05, 0) is 36.2 Å². The molecule has 0 saturated carbocycles. The molecule has 0 spiro atoms. The third-order valence-corrected chi connectivity index (χ3v) is 5.48. The minimum absolute atomic E-state index is 0.00229. The molecule has 0 aromatic heterocycles. The molecule has 0 heterocycles. The van der Waals surface area contributed by atoms with E-state index in [-0.39, 0.29) is 18.1 Å². The Morgan fingerprint density at radius 3 is 2.27 bits per heavy atom. The highest BCUT2D eigenvalue weighted by Gasteiger charge is 2.16. The number of carbonyl (C=O) groups is 2. The van der Waals surface area contributed by atoms with E-state index in [0.29, 0.717) is 16.0 Å². The molecule has 0 radical (unpaired) electrons. The van der Waals surface area contributed by atoms with Gasteiger partial charge in [0.1, 0.15) is 0 Å². The molecule has 3 aromatic carbocycles. The van der Waals surface area contributed by atoms with E-state index < -0.39 is 10.9 Å². The van der Waals surface area contributed by atoms with Gasteiger partial charge in [-0.2, -0.15) is 0 Å². The van der Waals surface area contributed by atoms with Crippen molar-refractivity contribution in [3.05, 3.63) is 99.6 Å². The summed E-state index contributed by atoms with van der Waals surface area (Å²) in [7, 11) is 0. The summed E-state index contributed by atoms with van der Waals surface area (Å²) in [6.07, 6.45) is 0.882. The number of nitro benzene ring substituents is 1. The molecule has 0 aliphatic heterocycles. The van der Waals surface area contributed by atoms with Crippen LogP contribution in [0.4, 0.5) is 5.69 Å². The maximum Gasteiger partial charge on any atom is 0.339 e. The Kier molecular flexibility index (Phi) is 6.98. The van der Waals surface area contributed by atoms with Crippen molar-refractivity contribution in [3.63, 3.8) is 0 Å². The van der Waals surface area contributed by atoms with Gasteiger partial charge in [-0.15, -0.1) is 0 Å². The molecule has 7 heteroatoms. The minimum Gasteiger partial charge on any atom is -0.454 e. The van der Waals surface area contributed by atoms with Crippen molar-refractivity contribution in [2.45, 2.75) is 23.1 Å². The summed E-state index contributed by atoms with van der Waals surface area (Å²) in [5, 5.41) is 10.8. The van der Waals surface area contributed by atoms with E-state index in [1.807, 2.05) is 19.1 Å². The number of carbonyl (C=O) groups excluding carboxylic acids is 2. The van der Waals surface area contributed by atoms with Crippen molar-refractivity contribution in [3.8, 4) is 0 Å². The van der Waals surface area contributed by atoms with Gasteiger partial charge in [-0.1, -0.05) is 55.1 Å². The van der Waals surface area contributed by atoms with Crippen molar-refractivity contribution in [2.75, 3.05) is 6.61 Å². The fourth-order valence-corrected chi connectivity index (χ4v) is 3.64. The van der Waals surface area contributed by atoms with Gasteiger partial charge in [0.2, 0.25) is 0 Å². The van der Waals surface area contributed by atoms with Gasteiger partial charge in [0.15, 0.2) is 12.4 Å². The van der Waals surface area contributed by atoms with Gasteiger partial charge >= 0.3 is 5.97 Å². The lowest BCUT2D eigenvalue weighted by Crippen LogP contribution is -2.15. The normalized spacial score (nSPS) is 10.4. The number of esters is 1. The predicted octanol–water partition coefficient (Wildman–Crippen LogP) is 5.35. The number of rotatable bonds is 8. The summed E-state index contributed by atoms with van der Waals surface area (Å²) in [5.41, 5.74) is 1.95. The second-order valence-corrected chi connectivity index (χ2v) is 7.51. The first kappa shape index (κ1) is 21.3. The molecule has 0 bridgehead atoms. The zero-order chi connectivity index (χ0) is 21.5. The molecule has 30 heavy (non-hydrogen) atoms. The maximum absolute atomic E-state index is 12.6. The lowest BCUT2D eigenvalue weighted by atomic mass is 10.1. The number of hydrogen-bond acceptors (Lipinski definition) is 6. The molecule has 0 amide bonds. The van der Waals surface area contributed by atoms with Gasteiger partial charge in [-0.25, -0.2) is 4.79 Å². The Hall–Kier alpha value is -3.45. The molecule has 6 nitrogen and oxygen atoms in total. The van der Waals surface area contributed by atoms with Crippen LogP contribution in [0.5, 0.6) is 0 Å². The Bertz CT molecular complexity index is 1060. The summed E-state index contributed by atoms with van der Waals surface area (Å²) in [6, 6.07) is 20.1. The average molecular weight is 421 g/mol. The van der Waals surface area contributed by atoms with Crippen LogP contribution in [0.2, 0.25) is 0 Å². The molecule has 0 N–H and O–H groups in total. The fraction of sp³-hybridized carbons (Fsp3) is 0.130. The van der Waals surface area contributed by atoms with E-state index in [4.69, 9.17) is 4.74 Å². The van der Waals surface area contributed by atoms with E-state index in [1.54, 1.807) is 48.5 Å². The van der Waals surface area contributed by atoms with Crippen LogP contribution in [0.1, 0.15) is 33.2 Å². The zero-order valence-corrected chi connectivity index (χ0v) is 17.1. The maximum atomic E-state index is 12.6. The molecule has 0 unspecified atom stereocenters. The van der Waals surface area contributed by atoms with Crippen molar-refractivity contribution < 1.29 is 19.2 Å². The largest absolute Gasteiger partial charge is 0.454 e. The van der Waals surface area contributed by atoms with E-state index in [1.165, 1.54) is 23.9 Å². The van der Waals surface area contributed by atoms with Crippen LogP contribution in [-0.2, 0) is 11.2 Å². The van der Waals surface area contributed by atoms with E-state index >= 15 is 0 Å². The second kappa shape index (κ2) is 9.84. The molecule has 0 saturated heterocycles. The summed E-state index contributed by atoms with van der Waals surface area (Å²) in [5.74, 6) is -0.870. The third kappa shape index (κ3) is 5.33. The van der Waals surface area contributed by atoms with Gasteiger partial charge in [-0.3, -0.25) is 14.9 Å². The first-order chi connectivity index (χ1) is 14.5. The monoisotopic (exact) mass is 421 g/mol.